The molecule has 1 aliphatic carbocycles. The van der Waals surface area contributed by atoms with Gasteiger partial charge in [-0.3, -0.25) is 0 Å². The number of benzene rings is 4. The van der Waals surface area contributed by atoms with Crippen molar-refractivity contribution in [2.45, 2.75) is 25.7 Å². The zero-order chi connectivity index (χ0) is 25.8. The van der Waals surface area contributed by atoms with Crippen LogP contribution in [0.15, 0.2) is 92.6 Å². The molecule has 4 aromatic carbocycles. The number of hydrogen-bond donors (Lipinski definition) is 0. The zero-order valence-corrected chi connectivity index (χ0v) is 23.6. The van der Waals surface area contributed by atoms with E-state index in [1.54, 1.807) is 12.1 Å². The number of ether oxygens (including phenoxy) is 1. The molecule has 7 rings (SSSR count). The molecule has 6 heteroatoms. The van der Waals surface area contributed by atoms with Crippen molar-refractivity contribution in [2.24, 2.45) is 0 Å². The number of halogens is 1. The molecule has 38 heavy (non-hydrogen) atoms. The molecule has 2 heterocycles. The van der Waals surface area contributed by atoms with Crippen LogP contribution >= 0.6 is 15.9 Å². The van der Waals surface area contributed by atoms with Crippen LogP contribution in [0.3, 0.4) is 0 Å². The number of carbonyl (C=O) groups excluding carboxylic acids is 1. The molecular formula is C32H21BrO4Se. The van der Waals surface area contributed by atoms with Crippen molar-refractivity contribution in [1.29, 1.82) is 0 Å². The van der Waals surface area contributed by atoms with E-state index in [1.165, 1.54) is 22.9 Å². The molecule has 0 fully saturated rings. The summed E-state index contributed by atoms with van der Waals surface area (Å²) in [7, 11) is 0. The molecule has 2 aromatic heterocycles. The Labute approximate surface area is 232 Å². The molecule has 0 atom stereocenters. The average molecular weight is 628 g/mol. The van der Waals surface area contributed by atoms with Gasteiger partial charge in [0.15, 0.2) is 0 Å². The number of fused-ring (bicyclic) bond motifs is 6. The van der Waals surface area contributed by atoms with Gasteiger partial charge in [0.1, 0.15) is 0 Å². The summed E-state index contributed by atoms with van der Waals surface area (Å²) < 4.78 is 14.9. The van der Waals surface area contributed by atoms with Crippen molar-refractivity contribution in [3.8, 4) is 5.75 Å². The van der Waals surface area contributed by atoms with Crippen molar-refractivity contribution in [3.05, 3.63) is 104 Å². The molecule has 0 amide bonds. The van der Waals surface area contributed by atoms with Crippen molar-refractivity contribution in [3.63, 3.8) is 0 Å². The van der Waals surface area contributed by atoms with E-state index in [-0.39, 0.29) is 20.1 Å². The fraction of sp³-hybridized carbons (Fsp3) is 0.125. The Morgan fingerprint density at radius 3 is 2.50 bits per heavy atom. The SMILES string of the molecule is O=C(Oc1ccc2ccc3ccccc3c2c1)c1cc2ccc3c(Br)c(C4=CCCCC4)[se]c3c2oc1=O. The van der Waals surface area contributed by atoms with Crippen LogP contribution in [-0.2, 0) is 0 Å². The van der Waals surface area contributed by atoms with Crippen molar-refractivity contribution < 1.29 is 13.9 Å². The Morgan fingerprint density at radius 1 is 0.868 bits per heavy atom. The van der Waals surface area contributed by atoms with Gasteiger partial charge in [-0.05, 0) is 0 Å². The van der Waals surface area contributed by atoms with Crippen molar-refractivity contribution in [2.75, 3.05) is 0 Å². The molecule has 0 bridgehead atoms. The fourth-order valence-corrected chi connectivity index (χ4v) is 9.23. The number of rotatable bonds is 3. The van der Waals surface area contributed by atoms with Crippen molar-refractivity contribution >= 4 is 84.1 Å². The van der Waals surface area contributed by atoms with Gasteiger partial charge in [0.05, 0.1) is 0 Å². The van der Waals surface area contributed by atoms with E-state index in [0.29, 0.717) is 11.3 Å². The molecule has 4 nitrogen and oxygen atoms in total. The predicted molar refractivity (Wildman–Crippen MR) is 157 cm³/mol. The molecule has 0 unspecified atom stereocenters. The minimum atomic E-state index is -0.724. The Bertz CT molecular complexity index is 2010. The van der Waals surface area contributed by atoms with E-state index in [4.69, 9.17) is 9.15 Å². The Balaban J connectivity index is 1.27. The second-order valence-electron chi connectivity index (χ2n) is 9.59. The molecule has 0 saturated carbocycles. The summed E-state index contributed by atoms with van der Waals surface area (Å²) in [6.45, 7) is 0. The Hall–Kier alpha value is -3.44. The van der Waals surface area contributed by atoms with E-state index in [9.17, 15) is 9.59 Å². The maximum atomic E-state index is 13.1. The number of carbonyl (C=O) groups is 1. The monoisotopic (exact) mass is 628 g/mol. The Morgan fingerprint density at radius 2 is 1.66 bits per heavy atom. The first-order valence-corrected chi connectivity index (χ1v) is 15.1. The Kier molecular flexibility index (Phi) is 5.85. The number of esters is 1. The summed E-state index contributed by atoms with van der Waals surface area (Å²) in [5.41, 5.74) is 1.17. The molecule has 0 radical (unpaired) electrons. The van der Waals surface area contributed by atoms with Gasteiger partial charge in [0, 0.05) is 0 Å². The first kappa shape index (κ1) is 23.7. The maximum absolute atomic E-state index is 13.1. The normalized spacial score (nSPS) is 13.9. The summed E-state index contributed by atoms with van der Waals surface area (Å²) in [4.78, 5) is 26.1. The van der Waals surface area contributed by atoms with E-state index in [2.05, 4.69) is 34.1 Å². The first-order valence-electron chi connectivity index (χ1n) is 12.6. The third-order valence-electron chi connectivity index (χ3n) is 7.23. The van der Waals surface area contributed by atoms with Crippen LogP contribution in [-0.4, -0.2) is 20.5 Å². The van der Waals surface area contributed by atoms with Crippen LogP contribution in [0.1, 0.15) is 40.5 Å². The van der Waals surface area contributed by atoms with E-state index < -0.39 is 11.6 Å². The quantitative estimate of drug-likeness (QED) is 0.0652. The van der Waals surface area contributed by atoms with E-state index in [1.807, 2.05) is 48.5 Å². The summed E-state index contributed by atoms with van der Waals surface area (Å²) in [6.07, 6.45) is 6.98. The van der Waals surface area contributed by atoms with Crippen molar-refractivity contribution in [1.82, 2.24) is 0 Å². The molecule has 0 saturated heterocycles. The van der Waals surface area contributed by atoms with Gasteiger partial charge in [-0.25, -0.2) is 0 Å². The van der Waals surface area contributed by atoms with Gasteiger partial charge < -0.3 is 0 Å². The number of hydrogen-bond acceptors (Lipinski definition) is 4. The third kappa shape index (κ3) is 3.95. The van der Waals surface area contributed by atoms with Gasteiger partial charge in [0.25, 0.3) is 0 Å². The molecular weight excluding hydrogens is 607 g/mol. The van der Waals surface area contributed by atoms with E-state index in [0.717, 1.165) is 53.9 Å². The fourth-order valence-electron chi connectivity index (χ4n) is 5.30. The minimum absolute atomic E-state index is 0.0166. The molecule has 6 aromatic rings. The second kappa shape index (κ2) is 9.39. The molecule has 186 valence electrons. The van der Waals surface area contributed by atoms with Gasteiger partial charge in [-0.1, -0.05) is 24.3 Å². The van der Waals surface area contributed by atoms with Gasteiger partial charge in [-0.15, -0.1) is 0 Å². The zero-order valence-electron chi connectivity index (χ0n) is 20.3. The first-order chi connectivity index (χ1) is 18.6. The number of allylic oxidation sites excluding steroid dienone is 2. The van der Waals surface area contributed by atoms with Crippen LogP contribution in [0.25, 0.3) is 47.7 Å². The van der Waals surface area contributed by atoms with Crippen LogP contribution < -0.4 is 10.4 Å². The average Bonchev–Trinajstić information content (AvgIpc) is 3.29. The molecule has 0 spiro atoms. The predicted octanol–water partition coefficient (Wildman–Crippen LogP) is 8.25. The van der Waals surface area contributed by atoms with Gasteiger partial charge in [-0.2, -0.15) is 0 Å². The summed E-state index contributed by atoms with van der Waals surface area (Å²) in [5, 5.41) is 6.01. The van der Waals surface area contributed by atoms with Gasteiger partial charge >= 0.3 is 209 Å². The molecule has 0 N–H and O–H groups in total. The molecule has 1 aliphatic rings. The van der Waals surface area contributed by atoms with Crippen LogP contribution in [0, 0.1) is 0 Å². The van der Waals surface area contributed by atoms with Gasteiger partial charge in [0.2, 0.25) is 0 Å². The van der Waals surface area contributed by atoms with Crippen LogP contribution in [0.5, 0.6) is 5.75 Å². The third-order valence-corrected chi connectivity index (χ3v) is 11.3. The second-order valence-corrected chi connectivity index (χ2v) is 12.5. The molecule has 0 aliphatic heterocycles. The summed E-state index contributed by atoms with van der Waals surface area (Å²) in [6, 6.07) is 23.3. The topological polar surface area (TPSA) is 56.5 Å². The van der Waals surface area contributed by atoms with Crippen LogP contribution in [0.4, 0.5) is 0 Å². The summed E-state index contributed by atoms with van der Waals surface area (Å²) >= 11 is 3.83. The van der Waals surface area contributed by atoms with Crippen LogP contribution in [0.2, 0.25) is 0 Å². The van der Waals surface area contributed by atoms with E-state index >= 15 is 0 Å². The standard InChI is InChI=1S/C32H21BrO4Se/c33-27-24-15-13-21-16-26(32(35)37-28(21)30(24)38-29(27)20-7-2-1-3-8-20)31(34)36-22-14-12-19-11-10-18-6-4-5-9-23(18)25(19)17-22/h4-7,9-17H,1-3,8H2. The summed E-state index contributed by atoms with van der Waals surface area (Å²) in [5.74, 6) is -0.340.